The molecule has 2 aromatic rings. The summed E-state index contributed by atoms with van der Waals surface area (Å²) < 4.78 is 37.7. The molecule has 0 saturated heterocycles. The molecule has 0 aliphatic carbocycles. The van der Waals surface area contributed by atoms with Crippen molar-refractivity contribution in [2.24, 2.45) is 0 Å². The minimum Gasteiger partial charge on any atom is -0.618 e. The lowest BCUT2D eigenvalue weighted by atomic mass is 10.2. The quantitative estimate of drug-likeness (QED) is 0.344. The van der Waals surface area contributed by atoms with Crippen molar-refractivity contribution in [1.29, 1.82) is 0 Å². The van der Waals surface area contributed by atoms with Crippen LogP contribution in [0.3, 0.4) is 0 Å². The van der Waals surface area contributed by atoms with Crippen LogP contribution in [0.5, 0.6) is 0 Å². The Labute approximate surface area is 118 Å². The zero-order valence-electron chi connectivity index (χ0n) is 10.1. The Bertz CT molecular complexity index is 636. The third-order valence-corrected chi connectivity index (χ3v) is 2.80. The second-order valence-corrected chi connectivity index (χ2v) is 4.49. The maximum Gasteiger partial charge on any atom is 0.416 e. The Kier molecular flexibility index (Phi) is 3.99. The summed E-state index contributed by atoms with van der Waals surface area (Å²) in [6.07, 6.45) is -3.17. The van der Waals surface area contributed by atoms with Crippen molar-refractivity contribution in [3.05, 3.63) is 69.9 Å². The van der Waals surface area contributed by atoms with Gasteiger partial charge in [-0.25, -0.2) is 0 Å². The first kappa shape index (κ1) is 14.4. The highest BCUT2D eigenvalue weighted by molar-refractivity contribution is 6.30. The molecule has 2 nitrogen and oxygen atoms in total. The summed E-state index contributed by atoms with van der Waals surface area (Å²) in [5.41, 5.74) is -0.122. The van der Waals surface area contributed by atoms with Gasteiger partial charge < -0.3 is 5.21 Å². The Morgan fingerprint density at radius 3 is 2.25 bits per heavy atom. The average molecular weight is 300 g/mol. The fourth-order valence-corrected chi connectivity index (χ4v) is 1.79. The molecule has 6 heteroatoms. The monoisotopic (exact) mass is 299 g/mol. The van der Waals surface area contributed by atoms with E-state index in [0.717, 1.165) is 24.3 Å². The molecule has 104 valence electrons. The van der Waals surface area contributed by atoms with E-state index in [2.05, 4.69) is 0 Å². The predicted octanol–water partition coefficient (Wildman–Crippen LogP) is 4.62. The van der Waals surface area contributed by atoms with Crippen molar-refractivity contribution < 1.29 is 17.9 Å². The van der Waals surface area contributed by atoms with E-state index in [0.29, 0.717) is 15.3 Å². The van der Waals surface area contributed by atoms with E-state index in [1.807, 2.05) is 0 Å². The van der Waals surface area contributed by atoms with Crippen LogP contribution in [-0.4, -0.2) is 11.0 Å². The fourth-order valence-electron chi connectivity index (χ4n) is 1.59. The van der Waals surface area contributed by atoms with Crippen LogP contribution in [0.1, 0.15) is 11.1 Å². The number of hydrogen-bond donors (Lipinski definition) is 0. The lowest BCUT2D eigenvalue weighted by Gasteiger charge is -2.07. The summed E-state index contributed by atoms with van der Waals surface area (Å²) in [5, 5.41) is 12.3. The number of halogens is 4. The van der Waals surface area contributed by atoms with Crippen molar-refractivity contribution in [3.8, 4) is 0 Å². The molecule has 0 bridgehead atoms. The zero-order chi connectivity index (χ0) is 14.8. The summed E-state index contributed by atoms with van der Waals surface area (Å²) in [4.78, 5) is 0. The van der Waals surface area contributed by atoms with E-state index < -0.39 is 11.7 Å². The molecule has 0 heterocycles. The Morgan fingerprint density at radius 1 is 1.05 bits per heavy atom. The first-order valence-electron chi connectivity index (χ1n) is 5.60. The van der Waals surface area contributed by atoms with Gasteiger partial charge in [0.1, 0.15) is 0 Å². The highest BCUT2D eigenvalue weighted by Gasteiger charge is 2.30. The number of alkyl halides is 3. The topological polar surface area (TPSA) is 26.1 Å². The van der Waals surface area contributed by atoms with Crippen molar-refractivity contribution in [3.63, 3.8) is 0 Å². The second-order valence-electron chi connectivity index (χ2n) is 4.05. The van der Waals surface area contributed by atoms with Gasteiger partial charge in [-0.05, 0) is 30.3 Å². The van der Waals surface area contributed by atoms with Crippen molar-refractivity contribution >= 4 is 23.5 Å². The van der Waals surface area contributed by atoms with Crippen molar-refractivity contribution in [2.45, 2.75) is 6.18 Å². The minimum atomic E-state index is -4.41. The van der Waals surface area contributed by atoms with E-state index in [-0.39, 0.29) is 5.69 Å². The lowest BCUT2D eigenvalue weighted by Crippen LogP contribution is -2.05. The van der Waals surface area contributed by atoms with Gasteiger partial charge in [0, 0.05) is 22.7 Å². The molecule has 0 radical (unpaired) electrons. The van der Waals surface area contributed by atoms with E-state index in [1.54, 1.807) is 24.3 Å². The number of hydrogen-bond acceptors (Lipinski definition) is 1. The van der Waals surface area contributed by atoms with Crippen LogP contribution in [0.15, 0.2) is 48.5 Å². The Balaban J connectivity index is 2.27. The van der Waals surface area contributed by atoms with E-state index in [4.69, 9.17) is 11.6 Å². The largest absolute Gasteiger partial charge is 0.618 e. The Hall–Kier alpha value is -2.01. The lowest BCUT2D eigenvalue weighted by molar-refractivity contribution is -0.354. The minimum absolute atomic E-state index is 0.109. The second kappa shape index (κ2) is 5.54. The molecule has 0 amide bonds. The normalized spacial score (nSPS) is 12.5. The van der Waals surface area contributed by atoms with Crippen molar-refractivity contribution in [2.75, 3.05) is 0 Å². The van der Waals surface area contributed by atoms with Gasteiger partial charge in [0.15, 0.2) is 6.21 Å². The third-order valence-electron chi connectivity index (χ3n) is 2.56. The first-order valence-corrected chi connectivity index (χ1v) is 5.98. The molecule has 0 aliphatic rings. The summed E-state index contributed by atoms with van der Waals surface area (Å²) in [6, 6.07) is 10.6. The molecule has 0 saturated carbocycles. The van der Waals surface area contributed by atoms with Crippen LogP contribution in [0.4, 0.5) is 18.9 Å². The van der Waals surface area contributed by atoms with E-state index >= 15 is 0 Å². The highest BCUT2D eigenvalue weighted by Crippen LogP contribution is 2.30. The fraction of sp³-hybridized carbons (Fsp3) is 0.0714. The zero-order valence-corrected chi connectivity index (χ0v) is 10.8. The number of rotatable bonds is 2. The van der Waals surface area contributed by atoms with Gasteiger partial charge in [-0.1, -0.05) is 17.7 Å². The molecule has 0 aliphatic heterocycles. The van der Waals surface area contributed by atoms with Gasteiger partial charge >= 0.3 is 6.18 Å². The van der Waals surface area contributed by atoms with Crippen LogP contribution in [-0.2, 0) is 6.18 Å². The molecule has 0 atom stereocenters. The first-order chi connectivity index (χ1) is 9.36. The molecule has 20 heavy (non-hydrogen) atoms. The SMILES string of the molecule is [O-][N+](=Cc1cccc(Cl)c1)c1ccc(C(F)(F)F)cc1. The highest BCUT2D eigenvalue weighted by atomic mass is 35.5. The average Bonchev–Trinajstić information content (AvgIpc) is 2.38. The van der Waals surface area contributed by atoms with Gasteiger partial charge in [-0.3, -0.25) is 0 Å². The van der Waals surface area contributed by atoms with Crippen molar-refractivity contribution in [1.82, 2.24) is 0 Å². The van der Waals surface area contributed by atoms with Crippen LogP contribution < -0.4 is 0 Å². The smallest absolute Gasteiger partial charge is 0.416 e. The van der Waals surface area contributed by atoms with Crippen LogP contribution >= 0.6 is 11.6 Å². The summed E-state index contributed by atoms with van der Waals surface area (Å²) >= 11 is 5.78. The van der Waals surface area contributed by atoms with Gasteiger partial charge in [0.25, 0.3) is 0 Å². The number of benzene rings is 2. The van der Waals surface area contributed by atoms with Crippen LogP contribution in [0.25, 0.3) is 0 Å². The maximum absolute atomic E-state index is 12.4. The van der Waals surface area contributed by atoms with E-state index in [1.165, 1.54) is 6.21 Å². The predicted molar refractivity (Wildman–Crippen MR) is 71.3 cm³/mol. The standard InChI is InChI=1S/C14H9ClF3NO/c15-12-3-1-2-10(8-12)9-19(20)13-6-4-11(5-7-13)14(16,17)18/h1-9H. The Morgan fingerprint density at radius 2 is 1.70 bits per heavy atom. The van der Waals surface area contributed by atoms with Crippen LogP contribution in [0.2, 0.25) is 5.02 Å². The summed E-state index contributed by atoms with van der Waals surface area (Å²) in [7, 11) is 0. The molecule has 0 fully saturated rings. The third kappa shape index (κ3) is 3.51. The number of nitrogens with zero attached hydrogens (tertiary/aromatic N) is 1. The molecule has 0 aromatic heterocycles. The molecular formula is C14H9ClF3NO. The summed E-state index contributed by atoms with van der Waals surface area (Å²) in [5.74, 6) is 0. The molecule has 0 N–H and O–H groups in total. The molecular weight excluding hydrogens is 291 g/mol. The van der Waals surface area contributed by atoms with E-state index in [9.17, 15) is 18.4 Å². The van der Waals surface area contributed by atoms with Gasteiger partial charge in [-0.2, -0.15) is 17.9 Å². The maximum atomic E-state index is 12.4. The van der Waals surface area contributed by atoms with Gasteiger partial charge in [0.2, 0.25) is 5.69 Å². The summed E-state index contributed by atoms with van der Waals surface area (Å²) in [6.45, 7) is 0. The molecule has 0 spiro atoms. The molecule has 2 aromatic carbocycles. The van der Waals surface area contributed by atoms with Gasteiger partial charge in [-0.15, -0.1) is 0 Å². The molecule has 2 rings (SSSR count). The van der Waals surface area contributed by atoms with Gasteiger partial charge in [0.05, 0.1) is 5.56 Å². The van der Waals surface area contributed by atoms with Crippen LogP contribution in [0, 0.1) is 5.21 Å². The molecule has 0 unspecified atom stereocenters.